The summed E-state index contributed by atoms with van der Waals surface area (Å²) in [6, 6.07) is 7.32. The van der Waals surface area contributed by atoms with Crippen molar-refractivity contribution < 1.29 is 23.3 Å². The van der Waals surface area contributed by atoms with E-state index in [0.717, 1.165) is 4.90 Å². The van der Waals surface area contributed by atoms with Crippen molar-refractivity contribution in [2.45, 2.75) is 0 Å². The molecule has 2 N–H and O–H groups in total. The Morgan fingerprint density at radius 1 is 1.28 bits per heavy atom. The van der Waals surface area contributed by atoms with Gasteiger partial charge in [0.15, 0.2) is 12.3 Å². The summed E-state index contributed by atoms with van der Waals surface area (Å²) in [6.07, 6.45) is 1.47. The number of anilines is 1. The molecule has 1 aliphatic rings. The molecule has 0 atom stereocenters. The third-order valence-electron chi connectivity index (χ3n) is 4.10. The maximum Gasteiger partial charge on any atom is 0.289 e. The van der Waals surface area contributed by atoms with E-state index >= 15 is 0 Å². The molecule has 0 spiro atoms. The number of nitrogens with zero attached hydrogens (tertiary/aromatic N) is 1. The molecular weight excluding hydrogens is 349 g/mol. The summed E-state index contributed by atoms with van der Waals surface area (Å²) in [6.45, 7) is 2.55. The minimum atomic E-state index is -0.526. The molecule has 1 saturated heterocycles. The lowest BCUT2D eigenvalue weighted by molar-refractivity contribution is -0.895. The fraction of sp³-hybridized carbons (Fsp3) is 0.294. The van der Waals surface area contributed by atoms with Crippen molar-refractivity contribution in [2.24, 2.45) is 0 Å². The summed E-state index contributed by atoms with van der Waals surface area (Å²) in [5, 5.41) is 2.90. The van der Waals surface area contributed by atoms with Crippen LogP contribution in [0.4, 0.5) is 10.1 Å². The number of amides is 2. The standard InChI is InChI=1S/C17H17ClFN3O3/c18-12-3-4-13(19)14(10-12)20-16(23)11-21-5-7-22(8-6-21)17(24)15-2-1-9-25-15/h1-4,9-10H,5-8,11H2,(H,20,23)/p+1. The molecule has 0 aliphatic carbocycles. The van der Waals surface area contributed by atoms with Crippen molar-refractivity contribution in [3.05, 3.63) is 53.2 Å². The average molecular weight is 367 g/mol. The summed E-state index contributed by atoms with van der Waals surface area (Å²) in [7, 11) is 0. The van der Waals surface area contributed by atoms with E-state index in [1.165, 1.54) is 24.5 Å². The first-order valence-corrected chi connectivity index (χ1v) is 8.32. The van der Waals surface area contributed by atoms with Crippen LogP contribution in [-0.2, 0) is 4.79 Å². The number of carbonyl (C=O) groups is 2. The van der Waals surface area contributed by atoms with E-state index in [9.17, 15) is 14.0 Å². The van der Waals surface area contributed by atoms with Crippen LogP contribution in [0.3, 0.4) is 0 Å². The van der Waals surface area contributed by atoms with Gasteiger partial charge in [-0.15, -0.1) is 0 Å². The van der Waals surface area contributed by atoms with Gasteiger partial charge in [0, 0.05) is 5.02 Å². The van der Waals surface area contributed by atoms with E-state index in [4.69, 9.17) is 16.0 Å². The molecule has 0 radical (unpaired) electrons. The van der Waals surface area contributed by atoms with E-state index in [0.29, 0.717) is 37.0 Å². The quantitative estimate of drug-likeness (QED) is 0.850. The largest absolute Gasteiger partial charge is 0.459 e. The van der Waals surface area contributed by atoms with E-state index in [-0.39, 0.29) is 24.0 Å². The molecule has 25 heavy (non-hydrogen) atoms. The van der Waals surface area contributed by atoms with Gasteiger partial charge < -0.3 is 19.5 Å². The highest BCUT2D eigenvalue weighted by atomic mass is 35.5. The van der Waals surface area contributed by atoms with E-state index < -0.39 is 5.82 Å². The molecule has 1 aliphatic heterocycles. The highest BCUT2D eigenvalue weighted by Gasteiger charge is 2.27. The number of benzene rings is 1. The lowest BCUT2D eigenvalue weighted by atomic mass is 10.2. The zero-order valence-electron chi connectivity index (χ0n) is 13.4. The summed E-state index contributed by atoms with van der Waals surface area (Å²) < 4.78 is 18.8. The van der Waals surface area contributed by atoms with Gasteiger partial charge in [0.25, 0.3) is 11.8 Å². The normalized spacial score (nSPS) is 15.2. The maximum atomic E-state index is 13.6. The van der Waals surface area contributed by atoms with Crippen LogP contribution in [-0.4, -0.2) is 49.4 Å². The molecule has 0 saturated carbocycles. The number of hydrogen-bond donors (Lipinski definition) is 2. The van der Waals surface area contributed by atoms with Crippen LogP contribution in [0.2, 0.25) is 5.02 Å². The molecule has 0 bridgehead atoms. The Morgan fingerprint density at radius 3 is 2.72 bits per heavy atom. The van der Waals surface area contributed by atoms with Crippen LogP contribution in [0.5, 0.6) is 0 Å². The molecule has 2 aromatic rings. The minimum Gasteiger partial charge on any atom is -0.459 e. The van der Waals surface area contributed by atoms with E-state index in [2.05, 4.69) is 5.32 Å². The number of piperazine rings is 1. The van der Waals surface area contributed by atoms with Gasteiger partial charge in [0.1, 0.15) is 5.82 Å². The molecule has 8 heteroatoms. The van der Waals surface area contributed by atoms with Crippen molar-refractivity contribution in [3.8, 4) is 0 Å². The Kier molecular flexibility index (Phi) is 5.35. The van der Waals surface area contributed by atoms with Gasteiger partial charge in [-0.3, -0.25) is 9.59 Å². The lowest BCUT2D eigenvalue weighted by Crippen LogP contribution is -3.15. The van der Waals surface area contributed by atoms with E-state index in [1.807, 2.05) is 0 Å². The van der Waals surface area contributed by atoms with Gasteiger partial charge in [-0.25, -0.2) is 4.39 Å². The molecular formula is C17H18ClFN3O3+. The zero-order chi connectivity index (χ0) is 17.8. The number of nitrogens with one attached hydrogen (secondary N) is 2. The third kappa shape index (κ3) is 4.37. The summed E-state index contributed by atoms with van der Waals surface area (Å²) in [5.74, 6) is -0.643. The van der Waals surface area contributed by atoms with Crippen molar-refractivity contribution >= 4 is 29.1 Å². The maximum absolute atomic E-state index is 13.6. The highest BCUT2D eigenvalue weighted by molar-refractivity contribution is 6.30. The van der Waals surface area contributed by atoms with Gasteiger partial charge in [-0.2, -0.15) is 0 Å². The topological polar surface area (TPSA) is 67.0 Å². The van der Waals surface area contributed by atoms with Crippen molar-refractivity contribution in [3.63, 3.8) is 0 Å². The van der Waals surface area contributed by atoms with E-state index in [1.54, 1.807) is 17.0 Å². The second-order valence-corrected chi connectivity index (χ2v) is 6.31. The van der Waals surface area contributed by atoms with Gasteiger partial charge in [-0.05, 0) is 30.3 Å². The van der Waals surface area contributed by atoms with Crippen LogP contribution in [0.15, 0.2) is 41.0 Å². The average Bonchev–Trinajstić information content (AvgIpc) is 3.13. The van der Waals surface area contributed by atoms with Crippen LogP contribution in [0.25, 0.3) is 0 Å². The highest BCUT2D eigenvalue weighted by Crippen LogP contribution is 2.19. The predicted octanol–water partition coefficient (Wildman–Crippen LogP) is 1.05. The summed E-state index contributed by atoms with van der Waals surface area (Å²) >= 11 is 5.81. The first-order chi connectivity index (χ1) is 12.0. The summed E-state index contributed by atoms with van der Waals surface area (Å²) in [4.78, 5) is 27.0. The van der Waals surface area contributed by atoms with Crippen LogP contribution in [0.1, 0.15) is 10.6 Å². The Hall–Kier alpha value is -2.38. The number of quaternary nitrogens is 1. The molecule has 1 aromatic carbocycles. The Morgan fingerprint density at radius 2 is 2.04 bits per heavy atom. The molecule has 2 amide bonds. The predicted molar refractivity (Wildman–Crippen MR) is 90.2 cm³/mol. The lowest BCUT2D eigenvalue weighted by Gasteiger charge is -2.31. The number of carbonyl (C=O) groups excluding carboxylic acids is 2. The fourth-order valence-electron chi connectivity index (χ4n) is 2.77. The second-order valence-electron chi connectivity index (χ2n) is 5.87. The van der Waals surface area contributed by atoms with Gasteiger partial charge in [0.2, 0.25) is 0 Å². The van der Waals surface area contributed by atoms with Gasteiger partial charge in [0.05, 0.1) is 38.1 Å². The number of furan rings is 1. The minimum absolute atomic E-state index is 0.0727. The number of hydrogen-bond acceptors (Lipinski definition) is 3. The molecule has 132 valence electrons. The second kappa shape index (κ2) is 7.67. The Labute approximate surface area is 149 Å². The molecule has 2 heterocycles. The van der Waals surface area contributed by atoms with Crippen LogP contribution in [0, 0.1) is 5.82 Å². The first kappa shape index (κ1) is 17.4. The third-order valence-corrected chi connectivity index (χ3v) is 4.34. The van der Waals surface area contributed by atoms with Crippen LogP contribution < -0.4 is 10.2 Å². The summed E-state index contributed by atoms with van der Waals surface area (Å²) in [5.41, 5.74) is 0.0727. The number of rotatable bonds is 4. The zero-order valence-corrected chi connectivity index (χ0v) is 14.2. The van der Waals surface area contributed by atoms with Crippen molar-refractivity contribution in [2.75, 3.05) is 38.0 Å². The molecule has 6 nitrogen and oxygen atoms in total. The van der Waals surface area contributed by atoms with Crippen molar-refractivity contribution in [1.82, 2.24) is 4.90 Å². The molecule has 1 aromatic heterocycles. The van der Waals surface area contributed by atoms with Gasteiger partial charge in [-0.1, -0.05) is 11.6 Å². The monoisotopic (exact) mass is 366 g/mol. The first-order valence-electron chi connectivity index (χ1n) is 7.94. The fourth-order valence-corrected chi connectivity index (χ4v) is 2.95. The van der Waals surface area contributed by atoms with Crippen molar-refractivity contribution in [1.29, 1.82) is 0 Å². The SMILES string of the molecule is O=C(C[NH+]1CCN(C(=O)c2ccco2)CC1)Nc1cc(Cl)ccc1F. The van der Waals surface area contributed by atoms with Gasteiger partial charge >= 0.3 is 0 Å². The number of halogens is 2. The Balaban J connectivity index is 1.49. The van der Waals surface area contributed by atoms with Crippen LogP contribution >= 0.6 is 11.6 Å². The molecule has 0 unspecified atom stereocenters. The smallest absolute Gasteiger partial charge is 0.289 e. The molecule has 3 rings (SSSR count). The molecule has 1 fully saturated rings. The Bertz CT molecular complexity index is 759.